The van der Waals surface area contributed by atoms with Gasteiger partial charge in [0.15, 0.2) is 0 Å². The number of carboxylic acids is 1. The molecule has 88 valence electrons. The van der Waals surface area contributed by atoms with Crippen LogP contribution >= 0.6 is 0 Å². The van der Waals surface area contributed by atoms with Crippen LogP contribution in [0.4, 0.5) is 0 Å². The van der Waals surface area contributed by atoms with E-state index in [9.17, 15) is 4.79 Å². The van der Waals surface area contributed by atoms with Gasteiger partial charge >= 0.3 is 5.97 Å². The van der Waals surface area contributed by atoms with E-state index in [1.807, 2.05) is 0 Å². The minimum atomic E-state index is -0.697. The molecule has 0 aliphatic rings. The predicted molar refractivity (Wildman–Crippen MR) is 65.8 cm³/mol. The first kappa shape index (κ1) is 12.8. The summed E-state index contributed by atoms with van der Waals surface area (Å²) in [5, 5.41) is 8.55. The van der Waals surface area contributed by atoms with Crippen molar-refractivity contribution in [2.24, 2.45) is 0 Å². The summed E-state index contributed by atoms with van der Waals surface area (Å²) in [6, 6.07) is 4.31. The van der Waals surface area contributed by atoms with Gasteiger partial charge in [-0.2, -0.15) is 0 Å². The summed E-state index contributed by atoms with van der Waals surface area (Å²) in [5.41, 5.74) is 5.39. The van der Waals surface area contributed by atoms with Crippen molar-refractivity contribution < 1.29 is 9.90 Å². The Balaban J connectivity index is 2.55. The first-order valence-electron chi connectivity index (χ1n) is 5.80. The zero-order valence-corrected chi connectivity index (χ0v) is 10.3. The quantitative estimate of drug-likeness (QED) is 0.772. The van der Waals surface area contributed by atoms with E-state index in [1.54, 1.807) is 0 Å². The molecule has 0 spiro atoms. The summed E-state index contributed by atoms with van der Waals surface area (Å²) < 4.78 is 0. The highest BCUT2D eigenvalue weighted by molar-refractivity contribution is 5.66. The van der Waals surface area contributed by atoms with Gasteiger partial charge in [0.1, 0.15) is 0 Å². The van der Waals surface area contributed by atoms with Crippen molar-refractivity contribution in [2.45, 2.75) is 46.5 Å². The van der Waals surface area contributed by atoms with E-state index < -0.39 is 5.97 Å². The average Bonchev–Trinajstić information content (AvgIpc) is 2.23. The number of hydrogen-bond donors (Lipinski definition) is 1. The van der Waals surface area contributed by atoms with Gasteiger partial charge in [0.05, 0.1) is 0 Å². The molecule has 0 fully saturated rings. The Kier molecular flexibility index (Phi) is 4.53. The van der Waals surface area contributed by atoms with Crippen molar-refractivity contribution in [3.8, 4) is 0 Å². The van der Waals surface area contributed by atoms with Gasteiger partial charge in [-0.3, -0.25) is 4.79 Å². The summed E-state index contributed by atoms with van der Waals surface area (Å²) >= 11 is 0. The van der Waals surface area contributed by atoms with Crippen LogP contribution in [-0.4, -0.2) is 11.1 Å². The Morgan fingerprint density at radius 3 is 2.44 bits per heavy atom. The van der Waals surface area contributed by atoms with Gasteiger partial charge in [-0.15, -0.1) is 0 Å². The fourth-order valence-electron chi connectivity index (χ4n) is 1.87. The van der Waals surface area contributed by atoms with Crippen molar-refractivity contribution >= 4 is 5.97 Å². The van der Waals surface area contributed by atoms with E-state index in [-0.39, 0.29) is 6.42 Å². The van der Waals surface area contributed by atoms with E-state index >= 15 is 0 Å². The van der Waals surface area contributed by atoms with E-state index in [4.69, 9.17) is 5.11 Å². The van der Waals surface area contributed by atoms with Gasteiger partial charge in [0, 0.05) is 6.42 Å². The van der Waals surface area contributed by atoms with Crippen molar-refractivity contribution in [1.29, 1.82) is 0 Å². The summed E-state index contributed by atoms with van der Waals surface area (Å²) in [4.78, 5) is 10.4. The Labute approximate surface area is 97.3 Å². The topological polar surface area (TPSA) is 37.3 Å². The second-order valence-corrected chi connectivity index (χ2v) is 4.39. The Morgan fingerprint density at radius 2 is 1.81 bits per heavy atom. The van der Waals surface area contributed by atoms with E-state index in [0.29, 0.717) is 0 Å². The van der Waals surface area contributed by atoms with Gasteiger partial charge in [-0.25, -0.2) is 0 Å². The number of benzene rings is 1. The van der Waals surface area contributed by atoms with Crippen LogP contribution in [0.2, 0.25) is 0 Å². The molecule has 2 heteroatoms. The lowest BCUT2D eigenvalue weighted by Gasteiger charge is -2.10. The average molecular weight is 220 g/mol. The first-order valence-corrected chi connectivity index (χ1v) is 5.80. The second-order valence-electron chi connectivity index (χ2n) is 4.39. The maximum Gasteiger partial charge on any atom is 0.303 e. The first-order chi connectivity index (χ1) is 7.52. The molecule has 0 aliphatic carbocycles. The minimum absolute atomic E-state index is 0.282. The van der Waals surface area contributed by atoms with Gasteiger partial charge in [-0.05, 0) is 62.3 Å². The number of aliphatic carboxylic acids is 1. The molecule has 0 unspecified atom stereocenters. The molecule has 0 aliphatic heterocycles. The highest BCUT2D eigenvalue weighted by atomic mass is 16.4. The highest BCUT2D eigenvalue weighted by Crippen LogP contribution is 2.19. The number of unbranched alkanes of at least 4 members (excludes halogenated alkanes) is 1. The molecule has 0 atom stereocenters. The standard InChI is InChI=1S/C14H20O2/c1-10-8-9-13(12(3)11(10)2)6-4-5-7-14(15)16/h8-9H,4-7H2,1-3H3,(H,15,16). The molecule has 2 nitrogen and oxygen atoms in total. The fourth-order valence-corrected chi connectivity index (χ4v) is 1.87. The molecule has 1 N–H and O–H groups in total. The summed E-state index contributed by atoms with van der Waals surface area (Å²) in [6.07, 6.45) is 2.99. The van der Waals surface area contributed by atoms with Gasteiger partial charge in [-0.1, -0.05) is 12.1 Å². The lowest BCUT2D eigenvalue weighted by molar-refractivity contribution is -0.137. The third-order valence-corrected chi connectivity index (χ3v) is 3.26. The minimum Gasteiger partial charge on any atom is -0.481 e. The van der Waals surface area contributed by atoms with Crippen LogP contribution < -0.4 is 0 Å². The maximum absolute atomic E-state index is 10.4. The predicted octanol–water partition coefficient (Wildman–Crippen LogP) is 3.41. The van der Waals surface area contributed by atoms with Crippen LogP contribution in [0, 0.1) is 20.8 Å². The molecule has 0 saturated carbocycles. The molecule has 0 radical (unpaired) electrons. The van der Waals surface area contributed by atoms with Crippen LogP contribution in [-0.2, 0) is 11.2 Å². The second kappa shape index (κ2) is 5.69. The summed E-state index contributed by atoms with van der Waals surface area (Å²) in [6.45, 7) is 6.41. The van der Waals surface area contributed by atoms with Crippen LogP contribution in [0.15, 0.2) is 12.1 Å². The Bertz CT molecular complexity index is 381. The van der Waals surface area contributed by atoms with Crippen molar-refractivity contribution in [2.75, 3.05) is 0 Å². The zero-order valence-electron chi connectivity index (χ0n) is 10.3. The van der Waals surface area contributed by atoms with Crippen LogP contribution in [0.1, 0.15) is 41.5 Å². The Hall–Kier alpha value is -1.31. The smallest absolute Gasteiger partial charge is 0.303 e. The maximum atomic E-state index is 10.4. The summed E-state index contributed by atoms with van der Waals surface area (Å²) in [5.74, 6) is -0.697. The number of aryl methyl sites for hydroxylation is 2. The monoisotopic (exact) mass is 220 g/mol. The largest absolute Gasteiger partial charge is 0.481 e. The molecule has 16 heavy (non-hydrogen) atoms. The number of rotatable bonds is 5. The lowest BCUT2D eigenvalue weighted by atomic mass is 9.95. The van der Waals surface area contributed by atoms with Crippen LogP contribution in [0.25, 0.3) is 0 Å². The van der Waals surface area contributed by atoms with Crippen LogP contribution in [0.3, 0.4) is 0 Å². The third-order valence-electron chi connectivity index (χ3n) is 3.26. The van der Waals surface area contributed by atoms with E-state index in [0.717, 1.165) is 19.3 Å². The number of carboxylic acid groups (broad SMARTS) is 1. The van der Waals surface area contributed by atoms with Gasteiger partial charge in [0.2, 0.25) is 0 Å². The van der Waals surface area contributed by atoms with Crippen LogP contribution in [0.5, 0.6) is 0 Å². The molecule has 0 heterocycles. The number of carbonyl (C=O) groups is 1. The van der Waals surface area contributed by atoms with E-state index in [1.165, 1.54) is 22.3 Å². The van der Waals surface area contributed by atoms with Gasteiger partial charge < -0.3 is 5.11 Å². The van der Waals surface area contributed by atoms with Crippen molar-refractivity contribution in [3.05, 3.63) is 34.4 Å². The Morgan fingerprint density at radius 1 is 1.12 bits per heavy atom. The molecule has 0 saturated heterocycles. The SMILES string of the molecule is Cc1ccc(CCCCC(=O)O)c(C)c1C. The lowest BCUT2D eigenvalue weighted by Crippen LogP contribution is -1.97. The molecule has 0 amide bonds. The highest BCUT2D eigenvalue weighted by Gasteiger charge is 2.04. The normalized spacial score (nSPS) is 10.4. The summed E-state index contributed by atoms with van der Waals surface area (Å²) in [7, 11) is 0. The molecule has 0 bridgehead atoms. The molecule has 1 aromatic carbocycles. The molecular weight excluding hydrogens is 200 g/mol. The molecular formula is C14H20O2. The van der Waals surface area contributed by atoms with Gasteiger partial charge in [0.25, 0.3) is 0 Å². The van der Waals surface area contributed by atoms with E-state index in [2.05, 4.69) is 32.9 Å². The number of hydrogen-bond acceptors (Lipinski definition) is 1. The third kappa shape index (κ3) is 3.37. The molecule has 1 rings (SSSR count). The molecule has 0 aromatic heterocycles. The van der Waals surface area contributed by atoms with Crippen molar-refractivity contribution in [3.63, 3.8) is 0 Å². The van der Waals surface area contributed by atoms with Crippen molar-refractivity contribution in [1.82, 2.24) is 0 Å². The zero-order chi connectivity index (χ0) is 12.1. The molecule has 1 aromatic rings. The fraction of sp³-hybridized carbons (Fsp3) is 0.500.